The first kappa shape index (κ1) is 13.3. The summed E-state index contributed by atoms with van der Waals surface area (Å²) in [5.41, 5.74) is 6.19. The molecule has 1 heterocycles. The number of halogens is 1. The summed E-state index contributed by atoms with van der Waals surface area (Å²) in [6.45, 7) is 1.98. The average Bonchev–Trinajstić information content (AvgIpc) is 2.65. The van der Waals surface area contributed by atoms with Crippen molar-refractivity contribution in [2.75, 3.05) is 0 Å². The van der Waals surface area contributed by atoms with E-state index in [2.05, 4.69) is 44.7 Å². The molecule has 3 N–H and O–H groups in total. The third-order valence-corrected chi connectivity index (χ3v) is 3.42. The third-order valence-electron chi connectivity index (χ3n) is 2.93. The maximum Gasteiger partial charge on any atom is 0.0669 e. The number of nitrogens with zero attached hydrogens (tertiary/aromatic N) is 2. The molecule has 4 nitrogen and oxygen atoms in total. The Bertz CT molecular complexity index is 536. The number of hydrazine groups is 1. The smallest absolute Gasteiger partial charge is 0.0669 e. The summed E-state index contributed by atoms with van der Waals surface area (Å²) in [6.07, 6.45) is 0.828. The molecular weight excluding hydrogens is 292 g/mol. The highest BCUT2D eigenvalue weighted by Crippen LogP contribution is 2.20. The quantitative estimate of drug-likeness (QED) is 0.673. The van der Waals surface area contributed by atoms with E-state index in [-0.39, 0.29) is 6.04 Å². The van der Waals surface area contributed by atoms with Gasteiger partial charge >= 0.3 is 0 Å². The van der Waals surface area contributed by atoms with Crippen molar-refractivity contribution in [1.29, 1.82) is 0 Å². The lowest BCUT2D eigenvalue weighted by Crippen LogP contribution is -2.31. The van der Waals surface area contributed by atoms with Crippen LogP contribution < -0.4 is 11.3 Å². The highest BCUT2D eigenvalue weighted by Gasteiger charge is 2.15. The Hall–Kier alpha value is -1.17. The van der Waals surface area contributed by atoms with Gasteiger partial charge in [0.25, 0.3) is 0 Å². The molecule has 1 aromatic carbocycles. The number of nitrogens with two attached hydrogens (primary N) is 1. The van der Waals surface area contributed by atoms with Crippen molar-refractivity contribution in [1.82, 2.24) is 15.2 Å². The first-order chi connectivity index (χ1) is 8.60. The fourth-order valence-corrected chi connectivity index (χ4v) is 2.55. The van der Waals surface area contributed by atoms with E-state index < -0.39 is 0 Å². The lowest BCUT2D eigenvalue weighted by Gasteiger charge is -2.16. The van der Waals surface area contributed by atoms with Gasteiger partial charge in [-0.25, -0.2) is 0 Å². The molecule has 1 atom stereocenters. The molecule has 0 fully saturated rings. The van der Waals surface area contributed by atoms with Gasteiger partial charge in [-0.05, 0) is 37.1 Å². The standard InChI is InChI=1S/C13H17BrN4/c1-9-6-13(18(2)17-9)12(16-15)8-10-4-3-5-11(14)7-10/h3-7,12,16H,8,15H2,1-2H3. The van der Waals surface area contributed by atoms with Crippen molar-refractivity contribution >= 4 is 15.9 Å². The van der Waals surface area contributed by atoms with E-state index in [1.807, 2.05) is 30.8 Å². The third kappa shape index (κ3) is 2.98. The van der Waals surface area contributed by atoms with Gasteiger partial charge in [0, 0.05) is 11.5 Å². The minimum atomic E-state index is 0.0606. The fraction of sp³-hybridized carbons (Fsp3) is 0.308. The normalized spacial score (nSPS) is 12.7. The maximum absolute atomic E-state index is 5.67. The van der Waals surface area contributed by atoms with Crippen LogP contribution in [0.15, 0.2) is 34.8 Å². The highest BCUT2D eigenvalue weighted by atomic mass is 79.9. The van der Waals surface area contributed by atoms with E-state index in [1.165, 1.54) is 5.56 Å². The van der Waals surface area contributed by atoms with E-state index in [0.717, 1.165) is 22.3 Å². The Balaban J connectivity index is 2.22. The van der Waals surface area contributed by atoms with Crippen LogP contribution in [0.25, 0.3) is 0 Å². The molecular formula is C13H17BrN4. The van der Waals surface area contributed by atoms with E-state index in [9.17, 15) is 0 Å². The van der Waals surface area contributed by atoms with Crippen molar-refractivity contribution < 1.29 is 0 Å². The van der Waals surface area contributed by atoms with Crippen molar-refractivity contribution in [2.45, 2.75) is 19.4 Å². The van der Waals surface area contributed by atoms with Gasteiger partial charge in [-0.15, -0.1) is 0 Å². The predicted molar refractivity (Wildman–Crippen MR) is 75.9 cm³/mol. The zero-order valence-corrected chi connectivity index (χ0v) is 12.1. The molecule has 96 valence electrons. The average molecular weight is 309 g/mol. The van der Waals surface area contributed by atoms with Crippen molar-refractivity contribution in [3.05, 3.63) is 51.8 Å². The van der Waals surface area contributed by atoms with E-state index in [0.29, 0.717) is 0 Å². The van der Waals surface area contributed by atoms with Gasteiger partial charge < -0.3 is 0 Å². The van der Waals surface area contributed by atoms with Crippen molar-refractivity contribution in [2.24, 2.45) is 12.9 Å². The molecule has 0 aliphatic rings. The summed E-state index contributed by atoms with van der Waals surface area (Å²) in [5, 5.41) is 4.35. The van der Waals surface area contributed by atoms with Crippen LogP contribution in [0.1, 0.15) is 23.0 Å². The topological polar surface area (TPSA) is 55.9 Å². The fourth-order valence-electron chi connectivity index (χ4n) is 2.11. The second kappa shape index (κ2) is 5.65. The van der Waals surface area contributed by atoms with Gasteiger partial charge in [-0.3, -0.25) is 16.0 Å². The molecule has 1 unspecified atom stereocenters. The molecule has 0 aliphatic heterocycles. The molecule has 0 bridgehead atoms. The SMILES string of the molecule is Cc1cc(C(Cc2cccc(Br)c2)NN)n(C)n1. The second-order valence-corrected chi connectivity index (χ2v) is 5.30. The van der Waals surface area contributed by atoms with Crippen LogP contribution in [-0.2, 0) is 13.5 Å². The Morgan fingerprint density at radius 3 is 2.78 bits per heavy atom. The minimum Gasteiger partial charge on any atom is -0.271 e. The summed E-state index contributed by atoms with van der Waals surface area (Å²) in [7, 11) is 1.94. The lowest BCUT2D eigenvalue weighted by atomic mass is 10.0. The summed E-state index contributed by atoms with van der Waals surface area (Å²) < 4.78 is 2.95. The molecule has 18 heavy (non-hydrogen) atoms. The number of hydrogen-bond acceptors (Lipinski definition) is 3. The van der Waals surface area contributed by atoms with Gasteiger partial charge in [0.1, 0.15) is 0 Å². The van der Waals surface area contributed by atoms with Crippen LogP contribution in [0.5, 0.6) is 0 Å². The van der Waals surface area contributed by atoms with Gasteiger partial charge in [-0.2, -0.15) is 5.10 Å². The van der Waals surface area contributed by atoms with Crippen LogP contribution in [0.3, 0.4) is 0 Å². The molecule has 2 aromatic rings. The molecule has 2 rings (SSSR count). The maximum atomic E-state index is 5.67. The monoisotopic (exact) mass is 308 g/mol. The Labute approximate surface area is 115 Å². The molecule has 0 amide bonds. The zero-order chi connectivity index (χ0) is 13.1. The van der Waals surface area contributed by atoms with Crippen LogP contribution in [-0.4, -0.2) is 9.78 Å². The van der Waals surface area contributed by atoms with Crippen molar-refractivity contribution in [3.8, 4) is 0 Å². The van der Waals surface area contributed by atoms with Crippen LogP contribution >= 0.6 is 15.9 Å². The molecule has 0 radical (unpaired) electrons. The molecule has 0 aliphatic carbocycles. The Kier molecular flexibility index (Phi) is 4.16. The molecule has 1 aromatic heterocycles. The lowest BCUT2D eigenvalue weighted by molar-refractivity contribution is 0.508. The van der Waals surface area contributed by atoms with E-state index in [4.69, 9.17) is 5.84 Å². The number of rotatable bonds is 4. The van der Waals surface area contributed by atoms with Crippen LogP contribution in [0.2, 0.25) is 0 Å². The van der Waals surface area contributed by atoms with E-state index in [1.54, 1.807) is 0 Å². The Morgan fingerprint density at radius 1 is 1.44 bits per heavy atom. The van der Waals surface area contributed by atoms with E-state index >= 15 is 0 Å². The van der Waals surface area contributed by atoms with Crippen LogP contribution in [0.4, 0.5) is 0 Å². The van der Waals surface area contributed by atoms with Crippen molar-refractivity contribution in [3.63, 3.8) is 0 Å². The number of aromatic nitrogens is 2. The first-order valence-electron chi connectivity index (χ1n) is 5.81. The highest BCUT2D eigenvalue weighted by molar-refractivity contribution is 9.10. The predicted octanol–water partition coefficient (Wildman–Crippen LogP) is 2.24. The zero-order valence-electron chi connectivity index (χ0n) is 10.5. The molecule has 0 saturated heterocycles. The second-order valence-electron chi connectivity index (χ2n) is 4.39. The molecule has 5 heteroatoms. The van der Waals surface area contributed by atoms with Gasteiger partial charge in [0.05, 0.1) is 17.4 Å². The number of nitrogens with one attached hydrogen (secondary N) is 1. The first-order valence-corrected chi connectivity index (χ1v) is 6.60. The molecule has 0 spiro atoms. The van der Waals surface area contributed by atoms with Gasteiger partial charge in [-0.1, -0.05) is 28.1 Å². The number of aryl methyl sites for hydroxylation is 2. The van der Waals surface area contributed by atoms with Gasteiger partial charge in [0.2, 0.25) is 0 Å². The summed E-state index contributed by atoms with van der Waals surface area (Å²) >= 11 is 3.48. The summed E-state index contributed by atoms with van der Waals surface area (Å²) in [5.74, 6) is 5.67. The van der Waals surface area contributed by atoms with Crippen LogP contribution in [0, 0.1) is 6.92 Å². The molecule has 0 saturated carbocycles. The summed E-state index contributed by atoms with van der Waals surface area (Å²) in [4.78, 5) is 0. The van der Waals surface area contributed by atoms with Gasteiger partial charge in [0.15, 0.2) is 0 Å². The number of benzene rings is 1. The largest absolute Gasteiger partial charge is 0.271 e. The minimum absolute atomic E-state index is 0.0606. The number of hydrogen-bond donors (Lipinski definition) is 2. The Morgan fingerprint density at radius 2 is 2.22 bits per heavy atom. The summed E-state index contributed by atoms with van der Waals surface area (Å²) in [6, 6.07) is 10.4.